The molecule has 1 saturated heterocycles. The summed E-state index contributed by atoms with van der Waals surface area (Å²) in [5.41, 5.74) is 1.07. The van der Waals surface area contributed by atoms with E-state index in [2.05, 4.69) is 4.72 Å². The lowest BCUT2D eigenvalue weighted by molar-refractivity contribution is 0.0698. The van der Waals surface area contributed by atoms with Crippen molar-refractivity contribution in [2.45, 2.75) is 4.90 Å². The number of rotatable bonds is 6. The Labute approximate surface area is 185 Å². The molecule has 0 unspecified atom stereocenters. The van der Waals surface area contributed by atoms with Crippen LogP contribution < -0.4 is 14.5 Å². The average Bonchev–Trinajstić information content (AvgIpc) is 2.80. The lowest BCUT2D eigenvalue weighted by atomic mass is 10.1. The van der Waals surface area contributed by atoms with Crippen LogP contribution in [0.1, 0.15) is 10.4 Å². The third kappa shape index (κ3) is 4.52. The molecule has 166 valence electrons. The van der Waals surface area contributed by atoms with Crippen molar-refractivity contribution in [3.8, 4) is 0 Å². The highest BCUT2D eigenvalue weighted by Gasteiger charge is 2.23. The lowest BCUT2D eigenvalue weighted by Gasteiger charge is -2.37. The van der Waals surface area contributed by atoms with E-state index in [4.69, 9.17) is 0 Å². The maximum Gasteiger partial charge on any atom is 0.337 e. The maximum absolute atomic E-state index is 14.1. The Morgan fingerprint density at radius 1 is 0.875 bits per heavy atom. The summed E-state index contributed by atoms with van der Waals surface area (Å²) >= 11 is 0. The van der Waals surface area contributed by atoms with Crippen LogP contribution >= 0.6 is 0 Å². The van der Waals surface area contributed by atoms with Crippen LogP contribution in [0.15, 0.2) is 77.7 Å². The van der Waals surface area contributed by atoms with E-state index in [9.17, 15) is 22.7 Å². The van der Waals surface area contributed by atoms with Crippen LogP contribution in [0.25, 0.3) is 0 Å². The van der Waals surface area contributed by atoms with E-state index in [1.54, 1.807) is 42.5 Å². The van der Waals surface area contributed by atoms with Crippen molar-refractivity contribution in [3.63, 3.8) is 0 Å². The van der Waals surface area contributed by atoms with Crippen LogP contribution in [-0.4, -0.2) is 45.7 Å². The molecule has 1 fully saturated rings. The molecule has 0 amide bonds. The van der Waals surface area contributed by atoms with Gasteiger partial charge in [0.1, 0.15) is 5.82 Å². The van der Waals surface area contributed by atoms with E-state index >= 15 is 0 Å². The molecule has 3 aromatic carbocycles. The fraction of sp³-hybridized carbons (Fsp3) is 0.174. The molecule has 0 radical (unpaired) electrons. The Balaban J connectivity index is 1.53. The van der Waals surface area contributed by atoms with Gasteiger partial charge in [0.05, 0.1) is 21.8 Å². The largest absolute Gasteiger partial charge is 0.478 e. The fourth-order valence-electron chi connectivity index (χ4n) is 3.71. The molecule has 0 aromatic heterocycles. The van der Waals surface area contributed by atoms with E-state index in [1.807, 2.05) is 9.80 Å². The first-order valence-corrected chi connectivity index (χ1v) is 11.5. The number of nitrogens with zero attached hydrogens (tertiary/aromatic N) is 2. The van der Waals surface area contributed by atoms with Gasteiger partial charge in [-0.15, -0.1) is 0 Å². The van der Waals surface area contributed by atoms with Crippen LogP contribution in [0.5, 0.6) is 0 Å². The van der Waals surface area contributed by atoms with Crippen LogP contribution in [0, 0.1) is 5.82 Å². The first kappa shape index (κ1) is 21.6. The van der Waals surface area contributed by atoms with Crippen LogP contribution in [0.2, 0.25) is 0 Å². The predicted octanol–water partition coefficient (Wildman–Crippen LogP) is 3.65. The molecule has 0 spiro atoms. The van der Waals surface area contributed by atoms with Gasteiger partial charge in [0, 0.05) is 31.9 Å². The second kappa shape index (κ2) is 8.88. The summed E-state index contributed by atoms with van der Waals surface area (Å²) in [4.78, 5) is 15.8. The summed E-state index contributed by atoms with van der Waals surface area (Å²) in [6.45, 7) is 2.29. The number of carboxylic acids is 1. The van der Waals surface area contributed by atoms with E-state index in [0.29, 0.717) is 37.6 Å². The molecule has 0 atom stereocenters. The Hall–Kier alpha value is -3.59. The standard InChI is InChI=1S/C23H22FN3O4S/c24-20-8-4-5-9-22(20)27-14-12-26(13-15-27)17-10-11-21(19(16-17)23(28)29)25-32(30,31)18-6-2-1-3-7-18/h1-11,16,25H,12-15H2,(H,28,29). The number of anilines is 3. The normalized spacial score (nSPS) is 14.3. The van der Waals surface area contributed by atoms with Gasteiger partial charge in [-0.2, -0.15) is 0 Å². The number of carboxylic acid groups (broad SMARTS) is 1. The minimum absolute atomic E-state index is 0.00454. The smallest absolute Gasteiger partial charge is 0.337 e. The predicted molar refractivity (Wildman–Crippen MR) is 121 cm³/mol. The SMILES string of the molecule is O=C(O)c1cc(N2CCN(c3ccccc3F)CC2)ccc1NS(=O)(=O)c1ccccc1. The quantitative estimate of drug-likeness (QED) is 0.590. The zero-order valence-corrected chi connectivity index (χ0v) is 17.9. The summed E-state index contributed by atoms with van der Waals surface area (Å²) in [5, 5.41) is 9.67. The number of sulfonamides is 1. The number of hydrogen-bond acceptors (Lipinski definition) is 5. The van der Waals surface area contributed by atoms with Crippen LogP contribution in [0.4, 0.5) is 21.5 Å². The van der Waals surface area contributed by atoms with Gasteiger partial charge in [-0.25, -0.2) is 17.6 Å². The second-order valence-electron chi connectivity index (χ2n) is 7.38. The van der Waals surface area contributed by atoms with E-state index in [0.717, 1.165) is 0 Å². The molecule has 1 aliphatic heterocycles. The number of carbonyl (C=O) groups is 1. The second-order valence-corrected chi connectivity index (χ2v) is 9.06. The summed E-state index contributed by atoms with van der Waals surface area (Å²) in [6, 6.07) is 19.0. The Morgan fingerprint density at radius 3 is 2.16 bits per heavy atom. The molecule has 3 aromatic rings. The molecular formula is C23H22FN3O4S. The van der Waals surface area contributed by atoms with Gasteiger partial charge < -0.3 is 14.9 Å². The average molecular weight is 456 g/mol. The van der Waals surface area contributed by atoms with Crippen LogP contribution in [0.3, 0.4) is 0 Å². The molecule has 0 bridgehead atoms. The summed E-state index contributed by atoms with van der Waals surface area (Å²) in [5.74, 6) is -1.51. The molecule has 7 nitrogen and oxygen atoms in total. The molecule has 2 N–H and O–H groups in total. The van der Waals surface area contributed by atoms with E-state index in [1.165, 1.54) is 30.3 Å². The van der Waals surface area contributed by atoms with Gasteiger partial charge in [0.25, 0.3) is 10.0 Å². The van der Waals surface area contributed by atoms with Crippen molar-refractivity contribution in [1.82, 2.24) is 0 Å². The Bertz CT molecular complexity index is 1230. The molecule has 1 heterocycles. The molecule has 0 saturated carbocycles. The number of nitrogens with one attached hydrogen (secondary N) is 1. The molecule has 4 rings (SSSR count). The zero-order chi connectivity index (χ0) is 22.7. The summed E-state index contributed by atoms with van der Waals surface area (Å²) in [6.07, 6.45) is 0. The number of para-hydroxylation sites is 1. The van der Waals surface area contributed by atoms with Crippen molar-refractivity contribution in [1.29, 1.82) is 0 Å². The number of aromatic carboxylic acids is 1. The number of benzene rings is 3. The number of hydrogen-bond donors (Lipinski definition) is 2. The molecule has 9 heteroatoms. The monoisotopic (exact) mass is 455 g/mol. The molecule has 1 aliphatic rings. The molecule has 32 heavy (non-hydrogen) atoms. The van der Waals surface area contributed by atoms with Crippen molar-refractivity contribution in [3.05, 3.63) is 84.2 Å². The molecular weight excluding hydrogens is 433 g/mol. The van der Waals surface area contributed by atoms with Crippen molar-refractivity contribution < 1.29 is 22.7 Å². The summed E-state index contributed by atoms with van der Waals surface area (Å²) < 4.78 is 41.7. The minimum atomic E-state index is -3.92. The van der Waals surface area contributed by atoms with Crippen molar-refractivity contribution in [2.24, 2.45) is 0 Å². The Kier molecular flexibility index (Phi) is 6.00. The van der Waals surface area contributed by atoms with E-state index < -0.39 is 16.0 Å². The van der Waals surface area contributed by atoms with Gasteiger partial charge >= 0.3 is 5.97 Å². The zero-order valence-electron chi connectivity index (χ0n) is 17.1. The highest BCUT2D eigenvalue weighted by atomic mass is 32.2. The minimum Gasteiger partial charge on any atom is -0.478 e. The van der Waals surface area contributed by atoms with Crippen molar-refractivity contribution in [2.75, 3.05) is 40.7 Å². The van der Waals surface area contributed by atoms with Gasteiger partial charge in [0.15, 0.2) is 0 Å². The van der Waals surface area contributed by atoms with Crippen LogP contribution in [-0.2, 0) is 10.0 Å². The Morgan fingerprint density at radius 2 is 1.50 bits per heavy atom. The summed E-state index contributed by atoms with van der Waals surface area (Å²) in [7, 11) is -3.92. The van der Waals surface area contributed by atoms with Crippen molar-refractivity contribution >= 4 is 33.1 Å². The van der Waals surface area contributed by atoms with Gasteiger partial charge in [-0.05, 0) is 42.5 Å². The van der Waals surface area contributed by atoms with E-state index in [-0.39, 0.29) is 22.0 Å². The highest BCUT2D eigenvalue weighted by molar-refractivity contribution is 7.92. The number of piperazine rings is 1. The highest BCUT2D eigenvalue weighted by Crippen LogP contribution is 2.28. The first-order chi connectivity index (χ1) is 15.3. The van der Waals surface area contributed by atoms with Gasteiger partial charge in [-0.3, -0.25) is 4.72 Å². The molecule has 0 aliphatic carbocycles. The van der Waals surface area contributed by atoms with Gasteiger partial charge in [-0.1, -0.05) is 30.3 Å². The topological polar surface area (TPSA) is 89.9 Å². The lowest BCUT2D eigenvalue weighted by Crippen LogP contribution is -2.46. The first-order valence-electron chi connectivity index (χ1n) is 10.0. The van der Waals surface area contributed by atoms with Gasteiger partial charge in [0.2, 0.25) is 0 Å². The number of halogens is 1. The third-order valence-corrected chi connectivity index (χ3v) is 6.75. The third-order valence-electron chi connectivity index (χ3n) is 5.37. The maximum atomic E-state index is 14.1. The fourth-order valence-corrected chi connectivity index (χ4v) is 4.81.